The summed E-state index contributed by atoms with van der Waals surface area (Å²) in [5.74, 6) is -2.00. The van der Waals surface area contributed by atoms with Crippen LogP contribution in [0.15, 0.2) is 78.9 Å². The monoisotopic (exact) mass is 550 g/mol. The third-order valence-electron chi connectivity index (χ3n) is 5.83. The third-order valence-corrected chi connectivity index (χ3v) is 6.08. The molecule has 1 atom stereocenters. The van der Waals surface area contributed by atoms with Crippen LogP contribution in [0.5, 0.6) is 0 Å². The average Bonchev–Trinajstić information content (AvgIpc) is 2.93. The summed E-state index contributed by atoms with van der Waals surface area (Å²) in [5, 5.41) is 20.4. The standard InChI is InChI=1S/C29H31ClN4O5/c30-24-12-6-20(7-13-24)14-16-31-29(39)32-17-15-26(35)33-19-27(36)34-25(18-28(37)38)23-10-8-22(9-11-23)21-4-2-1-3-5-21/h1-13,25H,14-19H2,(H,33,35)(H,34,36)(H,37,38)(H2,31,32,39). The molecule has 9 nitrogen and oxygen atoms in total. The second kappa shape index (κ2) is 15.1. The fourth-order valence-electron chi connectivity index (χ4n) is 3.80. The van der Waals surface area contributed by atoms with Crippen molar-refractivity contribution >= 4 is 35.4 Å². The van der Waals surface area contributed by atoms with E-state index in [4.69, 9.17) is 11.6 Å². The Bertz CT molecular complexity index is 1250. The van der Waals surface area contributed by atoms with E-state index < -0.39 is 29.9 Å². The number of rotatable bonds is 13. The van der Waals surface area contributed by atoms with Gasteiger partial charge >= 0.3 is 12.0 Å². The first-order chi connectivity index (χ1) is 18.8. The SMILES string of the molecule is O=C(O)CC(NC(=O)CNC(=O)CCNC(=O)NCCc1ccc(Cl)cc1)c1ccc(-c2ccccc2)cc1. The molecule has 39 heavy (non-hydrogen) atoms. The number of amides is 4. The van der Waals surface area contributed by atoms with Gasteiger partial charge in [-0.2, -0.15) is 0 Å². The Morgan fingerprint density at radius 2 is 1.38 bits per heavy atom. The molecule has 3 aromatic carbocycles. The van der Waals surface area contributed by atoms with Crippen molar-refractivity contribution in [3.8, 4) is 11.1 Å². The molecule has 3 rings (SSSR count). The van der Waals surface area contributed by atoms with Crippen LogP contribution in [0.2, 0.25) is 5.02 Å². The summed E-state index contributed by atoms with van der Waals surface area (Å²) in [5.41, 5.74) is 3.67. The highest BCUT2D eigenvalue weighted by atomic mass is 35.5. The van der Waals surface area contributed by atoms with Gasteiger partial charge in [0.2, 0.25) is 11.8 Å². The Morgan fingerprint density at radius 3 is 2.05 bits per heavy atom. The number of carbonyl (C=O) groups is 4. The number of benzene rings is 3. The minimum atomic E-state index is -1.06. The topological polar surface area (TPSA) is 137 Å². The summed E-state index contributed by atoms with van der Waals surface area (Å²) in [4.78, 5) is 47.8. The van der Waals surface area contributed by atoms with Crippen molar-refractivity contribution in [3.63, 3.8) is 0 Å². The fraction of sp³-hybridized carbons (Fsp3) is 0.241. The number of halogens is 1. The van der Waals surface area contributed by atoms with E-state index in [1.807, 2.05) is 54.6 Å². The summed E-state index contributed by atoms with van der Waals surface area (Å²) in [6.07, 6.45) is 0.318. The van der Waals surface area contributed by atoms with Crippen molar-refractivity contribution in [2.45, 2.75) is 25.3 Å². The van der Waals surface area contributed by atoms with Gasteiger partial charge in [0.15, 0.2) is 0 Å². The summed E-state index contributed by atoms with van der Waals surface area (Å²) in [6.45, 7) is 0.201. The molecule has 5 N–H and O–H groups in total. The number of hydrogen-bond acceptors (Lipinski definition) is 4. The Kier molecular flexibility index (Phi) is 11.3. The Balaban J connectivity index is 1.37. The number of carboxylic acids is 1. The van der Waals surface area contributed by atoms with Gasteiger partial charge in [-0.15, -0.1) is 0 Å². The van der Waals surface area contributed by atoms with Crippen LogP contribution < -0.4 is 21.3 Å². The molecule has 204 valence electrons. The lowest BCUT2D eigenvalue weighted by Crippen LogP contribution is -2.41. The molecule has 0 fully saturated rings. The molecule has 0 bridgehead atoms. The lowest BCUT2D eigenvalue weighted by molar-refractivity contribution is -0.138. The van der Waals surface area contributed by atoms with E-state index in [1.54, 1.807) is 24.3 Å². The first-order valence-electron chi connectivity index (χ1n) is 12.5. The maximum atomic E-state index is 12.4. The molecule has 0 aliphatic rings. The minimum Gasteiger partial charge on any atom is -0.481 e. The number of carbonyl (C=O) groups excluding carboxylic acids is 3. The molecule has 0 saturated heterocycles. The van der Waals surface area contributed by atoms with Gasteiger partial charge in [0, 0.05) is 24.5 Å². The zero-order valence-corrected chi connectivity index (χ0v) is 22.0. The van der Waals surface area contributed by atoms with Crippen molar-refractivity contribution in [2.24, 2.45) is 0 Å². The molecule has 0 aromatic heterocycles. The molecular formula is C29H31ClN4O5. The first kappa shape index (κ1) is 29.2. The van der Waals surface area contributed by atoms with Gasteiger partial charge in [-0.1, -0.05) is 78.3 Å². The lowest BCUT2D eigenvalue weighted by Gasteiger charge is -2.18. The predicted molar refractivity (Wildman–Crippen MR) is 149 cm³/mol. The van der Waals surface area contributed by atoms with Crippen LogP contribution in [0, 0.1) is 0 Å². The van der Waals surface area contributed by atoms with E-state index in [9.17, 15) is 24.3 Å². The first-order valence-corrected chi connectivity index (χ1v) is 12.9. The van der Waals surface area contributed by atoms with E-state index in [1.165, 1.54) is 0 Å². The van der Waals surface area contributed by atoms with E-state index in [0.29, 0.717) is 23.6 Å². The molecular weight excluding hydrogens is 520 g/mol. The van der Waals surface area contributed by atoms with Crippen molar-refractivity contribution < 1.29 is 24.3 Å². The van der Waals surface area contributed by atoms with Gasteiger partial charge in [-0.05, 0) is 40.8 Å². The Morgan fingerprint density at radius 1 is 0.744 bits per heavy atom. The van der Waals surface area contributed by atoms with Gasteiger partial charge in [-0.25, -0.2) is 4.79 Å². The zero-order chi connectivity index (χ0) is 28.0. The second-order valence-corrected chi connectivity index (χ2v) is 9.23. The zero-order valence-electron chi connectivity index (χ0n) is 21.3. The number of nitrogens with one attached hydrogen (secondary N) is 4. The lowest BCUT2D eigenvalue weighted by atomic mass is 9.99. The van der Waals surface area contributed by atoms with Crippen LogP contribution >= 0.6 is 11.6 Å². The fourth-order valence-corrected chi connectivity index (χ4v) is 3.93. The molecule has 0 spiro atoms. The summed E-state index contributed by atoms with van der Waals surface area (Å²) in [7, 11) is 0. The highest BCUT2D eigenvalue weighted by Crippen LogP contribution is 2.23. The molecule has 10 heteroatoms. The van der Waals surface area contributed by atoms with Crippen molar-refractivity contribution in [2.75, 3.05) is 19.6 Å². The molecule has 0 heterocycles. The average molecular weight is 551 g/mol. The van der Waals surface area contributed by atoms with Crippen LogP contribution in [0.3, 0.4) is 0 Å². The molecule has 0 aliphatic heterocycles. The number of urea groups is 1. The Hall–Kier alpha value is -4.37. The van der Waals surface area contributed by atoms with Gasteiger partial charge in [-0.3, -0.25) is 14.4 Å². The van der Waals surface area contributed by atoms with Crippen LogP contribution in [0.1, 0.15) is 30.0 Å². The number of carboxylic acid groups (broad SMARTS) is 1. The van der Waals surface area contributed by atoms with Crippen molar-refractivity contribution in [1.82, 2.24) is 21.3 Å². The summed E-state index contributed by atoms with van der Waals surface area (Å²) in [6, 6.07) is 23.2. The van der Waals surface area contributed by atoms with Gasteiger partial charge in [0.1, 0.15) is 0 Å². The summed E-state index contributed by atoms with van der Waals surface area (Å²) < 4.78 is 0. The molecule has 0 radical (unpaired) electrons. The molecule has 3 aromatic rings. The van der Waals surface area contributed by atoms with Crippen LogP contribution in [-0.2, 0) is 20.8 Å². The maximum Gasteiger partial charge on any atom is 0.314 e. The Labute approximate surface area is 232 Å². The molecule has 0 aliphatic carbocycles. The highest BCUT2D eigenvalue weighted by Gasteiger charge is 2.18. The van der Waals surface area contributed by atoms with E-state index in [2.05, 4.69) is 21.3 Å². The normalized spacial score (nSPS) is 11.2. The van der Waals surface area contributed by atoms with E-state index in [0.717, 1.165) is 16.7 Å². The van der Waals surface area contributed by atoms with Gasteiger partial charge in [0.05, 0.1) is 19.0 Å². The van der Waals surface area contributed by atoms with Crippen molar-refractivity contribution in [1.29, 1.82) is 0 Å². The number of hydrogen-bond donors (Lipinski definition) is 5. The molecule has 4 amide bonds. The minimum absolute atomic E-state index is 0.0165. The predicted octanol–water partition coefficient (Wildman–Crippen LogP) is 3.69. The van der Waals surface area contributed by atoms with Gasteiger partial charge < -0.3 is 26.4 Å². The van der Waals surface area contributed by atoms with Crippen molar-refractivity contribution in [3.05, 3.63) is 95.0 Å². The summed E-state index contributed by atoms with van der Waals surface area (Å²) >= 11 is 5.85. The maximum absolute atomic E-state index is 12.4. The molecule has 0 saturated carbocycles. The van der Waals surface area contributed by atoms with E-state index >= 15 is 0 Å². The van der Waals surface area contributed by atoms with Gasteiger partial charge in [0.25, 0.3) is 0 Å². The van der Waals surface area contributed by atoms with Crippen LogP contribution in [0.4, 0.5) is 4.79 Å². The smallest absolute Gasteiger partial charge is 0.314 e. The van der Waals surface area contributed by atoms with Crippen LogP contribution in [0.25, 0.3) is 11.1 Å². The largest absolute Gasteiger partial charge is 0.481 e. The third kappa shape index (κ3) is 10.5. The quantitative estimate of drug-likeness (QED) is 0.221. The van der Waals surface area contributed by atoms with E-state index in [-0.39, 0.29) is 25.9 Å². The highest BCUT2D eigenvalue weighted by molar-refractivity contribution is 6.30. The number of aliphatic carboxylic acids is 1. The second-order valence-electron chi connectivity index (χ2n) is 8.79. The van der Waals surface area contributed by atoms with Crippen LogP contribution in [-0.4, -0.2) is 48.6 Å². The molecule has 1 unspecified atom stereocenters.